The summed E-state index contributed by atoms with van der Waals surface area (Å²) in [5.74, 6) is 0.513. The lowest BCUT2D eigenvalue weighted by atomic mass is 9.68. The van der Waals surface area contributed by atoms with E-state index in [1.807, 2.05) is 30.4 Å². The van der Waals surface area contributed by atoms with Gasteiger partial charge in [-0.05, 0) is 82.3 Å². The number of allylic oxidation sites excluding steroid dienone is 19. The van der Waals surface area contributed by atoms with Crippen molar-refractivity contribution in [2.75, 3.05) is 6.61 Å². The van der Waals surface area contributed by atoms with Gasteiger partial charge in [-0.2, -0.15) is 0 Å². The highest BCUT2D eigenvalue weighted by molar-refractivity contribution is 5.39. The second kappa shape index (κ2) is 16.6. The predicted molar refractivity (Wildman–Crippen MR) is 184 cm³/mol. The Morgan fingerprint density at radius 3 is 1.98 bits per heavy atom. The van der Waals surface area contributed by atoms with Crippen LogP contribution < -0.4 is 0 Å². The van der Waals surface area contributed by atoms with E-state index in [1.54, 1.807) is 0 Å². The minimum absolute atomic E-state index is 0.0167. The largest absolute Gasteiger partial charge is 0.393 e. The Bertz CT molecular complexity index is 1260. The van der Waals surface area contributed by atoms with Gasteiger partial charge in [-0.3, -0.25) is 0 Å². The molecule has 0 unspecified atom stereocenters. The van der Waals surface area contributed by atoms with Gasteiger partial charge < -0.3 is 10.2 Å². The van der Waals surface area contributed by atoms with Gasteiger partial charge in [-0.25, -0.2) is 0 Å². The van der Waals surface area contributed by atoms with Crippen molar-refractivity contribution in [1.82, 2.24) is 0 Å². The molecule has 228 valence electrons. The maximum Gasteiger partial charge on any atom is 0.0681 e. The molecule has 0 saturated carbocycles. The van der Waals surface area contributed by atoms with Crippen LogP contribution in [-0.2, 0) is 0 Å². The minimum atomic E-state index is -0.270. The van der Waals surface area contributed by atoms with Crippen LogP contribution in [0.15, 0.2) is 130 Å². The summed E-state index contributed by atoms with van der Waals surface area (Å²) in [5, 5.41) is 19.9. The minimum Gasteiger partial charge on any atom is -0.393 e. The average Bonchev–Trinajstić information content (AvgIpc) is 2.88. The van der Waals surface area contributed by atoms with Crippen LogP contribution in [0.5, 0.6) is 0 Å². The number of rotatable bonds is 11. The van der Waals surface area contributed by atoms with Crippen molar-refractivity contribution >= 4 is 0 Å². The van der Waals surface area contributed by atoms with Crippen molar-refractivity contribution in [2.45, 2.75) is 94.1 Å². The third-order valence-electron chi connectivity index (χ3n) is 8.48. The molecule has 0 amide bonds. The molecule has 0 spiro atoms. The zero-order valence-electron chi connectivity index (χ0n) is 27.7. The monoisotopic (exact) mass is 568 g/mol. The summed E-state index contributed by atoms with van der Waals surface area (Å²) >= 11 is 0. The Labute approximate surface area is 257 Å². The maximum absolute atomic E-state index is 10.1. The van der Waals surface area contributed by atoms with Crippen LogP contribution in [0.25, 0.3) is 0 Å². The number of aliphatic hydroxyl groups is 2. The molecule has 0 fully saturated rings. The normalized spacial score (nSPS) is 24.8. The SMILES string of the molecule is CC1=CCCC(C)(C)[C@H]1/C=C/C(C)=C/C=C/C(C)=C/C=C/C=C(C)/C=C/C=C(/C=C/C1=C(C)C[C@@H](O)CC1(C)C)CO. The Kier molecular flexibility index (Phi) is 14.0. The highest BCUT2D eigenvalue weighted by Gasteiger charge is 2.32. The van der Waals surface area contributed by atoms with Crippen molar-refractivity contribution < 1.29 is 10.2 Å². The Hall–Kier alpha value is -2.94. The summed E-state index contributed by atoms with van der Waals surface area (Å²) in [7, 11) is 0. The third-order valence-corrected chi connectivity index (χ3v) is 8.48. The molecule has 0 bridgehead atoms. The summed E-state index contributed by atoms with van der Waals surface area (Å²) in [6.07, 6.45) is 35.5. The highest BCUT2D eigenvalue weighted by Crippen LogP contribution is 2.42. The van der Waals surface area contributed by atoms with Gasteiger partial charge in [0.05, 0.1) is 12.7 Å². The molecule has 0 radical (unpaired) electrons. The van der Waals surface area contributed by atoms with Crippen LogP contribution in [0, 0.1) is 16.7 Å². The van der Waals surface area contributed by atoms with E-state index in [9.17, 15) is 10.2 Å². The van der Waals surface area contributed by atoms with Crippen molar-refractivity contribution in [1.29, 1.82) is 0 Å². The molecule has 42 heavy (non-hydrogen) atoms. The van der Waals surface area contributed by atoms with Gasteiger partial charge in [-0.1, -0.05) is 147 Å². The molecule has 2 N–H and O–H groups in total. The molecule has 0 aromatic heterocycles. The Balaban J connectivity index is 1.92. The van der Waals surface area contributed by atoms with E-state index in [1.165, 1.54) is 40.7 Å². The molecular weight excluding hydrogens is 512 g/mol. The molecule has 0 aromatic rings. The predicted octanol–water partition coefficient (Wildman–Crippen LogP) is 10.4. The summed E-state index contributed by atoms with van der Waals surface area (Å²) in [6.45, 7) is 19.8. The second-order valence-electron chi connectivity index (χ2n) is 13.5. The van der Waals surface area contributed by atoms with Crippen LogP contribution in [0.1, 0.15) is 88.0 Å². The zero-order chi connectivity index (χ0) is 31.3. The topological polar surface area (TPSA) is 40.5 Å². The number of hydrogen-bond donors (Lipinski definition) is 2. The van der Waals surface area contributed by atoms with E-state index < -0.39 is 0 Å². The molecule has 2 heteroatoms. The smallest absolute Gasteiger partial charge is 0.0681 e. The van der Waals surface area contributed by atoms with Crippen LogP contribution in [0.4, 0.5) is 0 Å². The summed E-state index contributed by atoms with van der Waals surface area (Å²) in [5.41, 5.74) is 8.65. The molecular formula is C40H56O2. The van der Waals surface area contributed by atoms with Crippen LogP contribution in [0.2, 0.25) is 0 Å². The van der Waals surface area contributed by atoms with E-state index in [0.717, 1.165) is 24.0 Å². The van der Waals surface area contributed by atoms with Crippen LogP contribution >= 0.6 is 0 Å². The summed E-state index contributed by atoms with van der Waals surface area (Å²) in [6, 6.07) is 0. The first-order valence-corrected chi connectivity index (χ1v) is 15.5. The first-order chi connectivity index (χ1) is 19.7. The van der Waals surface area contributed by atoms with Gasteiger partial charge in [0, 0.05) is 5.92 Å². The van der Waals surface area contributed by atoms with Crippen molar-refractivity contribution in [3.63, 3.8) is 0 Å². The van der Waals surface area contributed by atoms with Crippen LogP contribution in [0.3, 0.4) is 0 Å². The van der Waals surface area contributed by atoms with Crippen LogP contribution in [-0.4, -0.2) is 22.9 Å². The lowest BCUT2D eigenvalue weighted by molar-refractivity contribution is 0.116. The van der Waals surface area contributed by atoms with E-state index in [0.29, 0.717) is 11.3 Å². The van der Waals surface area contributed by atoms with E-state index in [2.05, 4.69) is 123 Å². The fourth-order valence-corrected chi connectivity index (χ4v) is 6.02. The fraction of sp³-hybridized carbons (Fsp3) is 0.450. The van der Waals surface area contributed by atoms with E-state index in [-0.39, 0.29) is 18.1 Å². The van der Waals surface area contributed by atoms with Gasteiger partial charge in [-0.15, -0.1) is 0 Å². The number of hydrogen-bond acceptors (Lipinski definition) is 2. The van der Waals surface area contributed by atoms with Gasteiger partial charge in [0.1, 0.15) is 0 Å². The average molecular weight is 569 g/mol. The molecule has 0 saturated heterocycles. The molecule has 0 aliphatic heterocycles. The van der Waals surface area contributed by atoms with E-state index >= 15 is 0 Å². The van der Waals surface area contributed by atoms with Gasteiger partial charge in [0.25, 0.3) is 0 Å². The molecule has 2 rings (SSSR count). The van der Waals surface area contributed by atoms with Gasteiger partial charge in [0.2, 0.25) is 0 Å². The summed E-state index contributed by atoms with van der Waals surface area (Å²) < 4.78 is 0. The quantitative estimate of drug-likeness (QED) is 0.192. The maximum atomic E-state index is 10.1. The molecule has 0 heterocycles. The first kappa shape index (κ1) is 35.3. The summed E-state index contributed by atoms with van der Waals surface area (Å²) in [4.78, 5) is 0. The second-order valence-corrected chi connectivity index (χ2v) is 13.5. The van der Waals surface area contributed by atoms with Crippen molar-refractivity contribution in [3.8, 4) is 0 Å². The van der Waals surface area contributed by atoms with Crippen molar-refractivity contribution in [2.24, 2.45) is 16.7 Å². The molecule has 2 nitrogen and oxygen atoms in total. The molecule has 2 atom stereocenters. The number of aliphatic hydroxyl groups excluding tert-OH is 2. The first-order valence-electron chi connectivity index (χ1n) is 15.5. The van der Waals surface area contributed by atoms with Gasteiger partial charge in [0.15, 0.2) is 0 Å². The standard InChI is InChI=1S/C40H56O2/c1-30(17-12-18-32(3)22-24-37-33(4)20-14-26-39(37,6)7)15-10-11-16-31(2)19-13-21-35(29-41)23-25-38-34(5)27-36(42)28-40(38,8)9/h10-13,15-25,36-37,41-42H,14,26-29H2,1-9H3/b11-10+,17-12+,19-13+,24-22+,25-23+,30-15+,31-16+,32-18+,35-21-/t36-,37+/m1/s1. The lowest BCUT2D eigenvalue weighted by Crippen LogP contribution is -2.28. The molecule has 2 aliphatic rings. The van der Waals surface area contributed by atoms with Gasteiger partial charge >= 0.3 is 0 Å². The molecule has 2 aliphatic carbocycles. The third kappa shape index (κ3) is 11.7. The lowest BCUT2D eigenvalue weighted by Gasteiger charge is -2.36. The van der Waals surface area contributed by atoms with E-state index in [4.69, 9.17) is 0 Å². The fourth-order valence-electron chi connectivity index (χ4n) is 6.02. The molecule has 0 aromatic carbocycles. The zero-order valence-corrected chi connectivity index (χ0v) is 27.7. The highest BCUT2D eigenvalue weighted by atomic mass is 16.3. The Morgan fingerprint density at radius 2 is 1.40 bits per heavy atom. The van der Waals surface area contributed by atoms with Crippen molar-refractivity contribution in [3.05, 3.63) is 130 Å². The Morgan fingerprint density at radius 1 is 0.833 bits per heavy atom.